The first-order valence-corrected chi connectivity index (χ1v) is 8.78. The Balaban J connectivity index is 1.63. The van der Waals surface area contributed by atoms with Gasteiger partial charge >= 0.3 is 0 Å². The largest absolute Gasteiger partial charge is 0.272 e. The molecule has 1 amide bonds. The molecule has 3 rings (SSSR count). The number of aromatic nitrogens is 4. The molecule has 2 heterocycles. The molecule has 0 saturated carbocycles. The van der Waals surface area contributed by atoms with Crippen molar-refractivity contribution in [2.75, 3.05) is 12.3 Å². The molecule has 0 spiro atoms. The van der Waals surface area contributed by atoms with Crippen LogP contribution in [0.15, 0.2) is 40.6 Å². The first-order valence-electron chi connectivity index (χ1n) is 7.80. The van der Waals surface area contributed by atoms with E-state index in [0.29, 0.717) is 11.7 Å². The number of benzene rings is 1. The second kappa shape index (κ2) is 6.72. The summed E-state index contributed by atoms with van der Waals surface area (Å²) in [7, 11) is 0. The lowest BCUT2D eigenvalue weighted by molar-refractivity contribution is -0.127. The molecule has 0 saturated heterocycles. The topological polar surface area (TPSA) is 76.3 Å². The summed E-state index contributed by atoms with van der Waals surface area (Å²) in [6.07, 6.45) is 0.778. The van der Waals surface area contributed by atoms with E-state index in [9.17, 15) is 4.79 Å². The van der Waals surface area contributed by atoms with Gasteiger partial charge in [0, 0.05) is 6.42 Å². The average molecular weight is 344 g/mol. The fourth-order valence-electron chi connectivity index (χ4n) is 2.36. The van der Waals surface area contributed by atoms with Crippen molar-refractivity contribution < 1.29 is 4.79 Å². The van der Waals surface area contributed by atoms with Gasteiger partial charge in [0.15, 0.2) is 0 Å². The van der Waals surface area contributed by atoms with E-state index in [4.69, 9.17) is 0 Å². The highest BCUT2D eigenvalue weighted by Crippen LogP contribution is 2.22. The Morgan fingerprint density at radius 3 is 2.71 bits per heavy atom. The van der Waals surface area contributed by atoms with Crippen molar-refractivity contribution in [2.45, 2.75) is 37.9 Å². The number of carbonyl (C=O) groups excluding carboxylic acids is 1. The Kier molecular flexibility index (Phi) is 4.66. The van der Waals surface area contributed by atoms with Crippen molar-refractivity contribution in [3.63, 3.8) is 0 Å². The molecule has 7 nitrogen and oxygen atoms in total. The Hall–Kier alpha value is -2.22. The van der Waals surface area contributed by atoms with E-state index in [1.165, 1.54) is 11.8 Å². The molecule has 1 aliphatic rings. The fourth-order valence-corrected chi connectivity index (χ4v) is 3.29. The molecule has 0 fully saturated rings. The van der Waals surface area contributed by atoms with Gasteiger partial charge in [-0.2, -0.15) is 5.10 Å². The summed E-state index contributed by atoms with van der Waals surface area (Å²) >= 11 is 1.34. The summed E-state index contributed by atoms with van der Waals surface area (Å²) in [4.78, 5) is 12.4. The van der Waals surface area contributed by atoms with Gasteiger partial charge in [-0.3, -0.25) is 4.79 Å². The fraction of sp³-hybridized carbons (Fsp3) is 0.438. The van der Waals surface area contributed by atoms with Crippen molar-refractivity contribution in [3.05, 3.63) is 35.9 Å². The van der Waals surface area contributed by atoms with Gasteiger partial charge < -0.3 is 0 Å². The number of hydrogen-bond acceptors (Lipinski definition) is 6. The van der Waals surface area contributed by atoms with Gasteiger partial charge in [-0.15, -0.1) is 5.10 Å². The van der Waals surface area contributed by atoms with E-state index >= 15 is 0 Å². The van der Waals surface area contributed by atoms with Crippen LogP contribution in [-0.4, -0.2) is 49.1 Å². The Bertz CT molecular complexity index is 749. The number of nitrogens with zero attached hydrogens (tertiary/aromatic N) is 6. The van der Waals surface area contributed by atoms with Crippen molar-refractivity contribution in [1.82, 2.24) is 25.2 Å². The van der Waals surface area contributed by atoms with Crippen molar-refractivity contribution in [3.8, 4) is 0 Å². The Morgan fingerprint density at radius 1 is 1.25 bits per heavy atom. The van der Waals surface area contributed by atoms with Crippen LogP contribution in [-0.2, 0) is 10.3 Å². The second-order valence-electron chi connectivity index (χ2n) is 6.51. The monoisotopic (exact) mass is 344 g/mol. The molecule has 1 aromatic carbocycles. The number of hydrazone groups is 1. The summed E-state index contributed by atoms with van der Waals surface area (Å²) in [5, 5.41) is 18.3. The predicted molar refractivity (Wildman–Crippen MR) is 92.8 cm³/mol. The van der Waals surface area contributed by atoms with Gasteiger partial charge in [0.2, 0.25) is 5.16 Å². The number of thioether (sulfide) groups is 1. The maximum Gasteiger partial charge on any atom is 0.253 e. The van der Waals surface area contributed by atoms with Crippen LogP contribution in [0.2, 0.25) is 0 Å². The van der Waals surface area contributed by atoms with E-state index < -0.39 is 0 Å². The molecule has 0 aliphatic carbocycles. The van der Waals surface area contributed by atoms with E-state index in [-0.39, 0.29) is 17.2 Å². The molecule has 0 radical (unpaired) electrons. The van der Waals surface area contributed by atoms with E-state index in [2.05, 4.69) is 20.6 Å². The number of carbonyl (C=O) groups is 1. The van der Waals surface area contributed by atoms with Crippen molar-refractivity contribution >= 4 is 23.4 Å². The Morgan fingerprint density at radius 2 is 2.00 bits per heavy atom. The van der Waals surface area contributed by atoms with Crippen molar-refractivity contribution in [1.29, 1.82) is 0 Å². The van der Waals surface area contributed by atoms with Crippen LogP contribution in [0, 0.1) is 0 Å². The minimum atomic E-state index is -0.221. The maximum absolute atomic E-state index is 12.4. The zero-order chi connectivity index (χ0) is 17.2. The minimum absolute atomic E-state index is 0.0330. The number of tetrazole rings is 1. The zero-order valence-electron chi connectivity index (χ0n) is 14.0. The SMILES string of the molecule is CC(C)(C)n1nnnc1SCC(=O)N1CCC(c2ccccc2)=N1. The summed E-state index contributed by atoms with van der Waals surface area (Å²) < 4.78 is 1.73. The molecule has 1 aromatic heterocycles. The number of amides is 1. The number of rotatable bonds is 4. The summed E-state index contributed by atoms with van der Waals surface area (Å²) in [5.41, 5.74) is 1.80. The average Bonchev–Trinajstić information content (AvgIpc) is 3.22. The molecular formula is C16H20N6OS. The third-order valence-corrected chi connectivity index (χ3v) is 4.50. The lowest BCUT2D eigenvalue weighted by Crippen LogP contribution is -2.27. The summed E-state index contributed by atoms with van der Waals surface area (Å²) in [6, 6.07) is 9.95. The normalized spacial score (nSPS) is 14.8. The van der Waals surface area contributed by atoms with Crippen LogP contribution < -0.4 is 0 Å². The highest BCUT2D eigenvalue weighted by molar-refractivity contribution is 7.99. The van der Waals surface area contributed by atoms with Gasteiger partial charge in [0.05, 0.1) is 23.5 Å². The van der Waals surface area contributed by atoms with Gasteiger partial charge in [-0.05, 0) is 36.8 Å². The summed E-state index contributed by atoms with van der Waals surface area (Å²) in [5.74, 6) is 0.233. The molecule has 8 heteroatoms. The number of hydrogen-bond donors (Lipinski definition) is 0. The van der Waals surface area contributed by atoms with Gasteiger partial charge in [0.1, 0.15) is 0 Å². The molecule has 0 unspecified atom stereocenters. The molecule has 24 heavy (non-hydrogen) atoms. The maximum atomic E-state index is 12.4. The predicted octanol–water partition coefficient (Wildman–Crippen LogP) is 2.16. The third kappa shape index (κ3) is 3.64. The first-order chi connectivity index (χ1) is 11.4. The van der Waals surface area contributed by atoms with Crippen LogP contribution in [0.5, 0.6) is 0 Å². The molecule has 126 valence electrons. The zero-order valence-corrected chi connectivity index (χ0v) is 14.8. The van der Waals surface area contributed by atoms with Crippen LogP contribution in [0.3, 0.4) is 0 Å². The van der Waals surface area contributed by atoms with E-state index in [1.807, 2.05) is 51.1 Å². The highest BCUT2D eigenvalue weighted by Gasteiger charge is 2.24. The molecule has 2 aromatic rings. The van der Waals surface area contributed by atoms with Gasteiger partial charge in [-0.25, -0.2) is 9.69 Å². The minimum Gasteiger partial charge on any atom is -0.272 e. The van der Waals surface area contributed by atoms with Crippen LogP contribution in [0.25, 0.3) is 0 Å². The third-order valence-electron chi connectivity index (χ3n) is 3.60. The molecular weight excluding hydrogens is 324 g/mol. The quantitative estimate of drug-likeness (QED) is 0.795. The van der Waals surface area contributed by atoms with Gasteiger partial charge in [-0.1, -0.05) is 42.1 Å². The smallest absolute Gasteiger partial charge is 0.253 e. The second-order valence-corrected chi connectivity index (χ2v) is 7.45. The van der Waals surface area contributed by atoms with Crippen LogP contribution >= 0.6 is 11.8 Å². The van der Waals surface area contributed by atoms with Gasteiger partial charge in [0.25, 0.3) is 5.91 Å². The molecule has 0 bridgehead atoms. The lowest BCUT2D eigenvalue weighted by atomic mass is 10.1. The Labute approximate surface area is 145 Å². The first kappa shape index (κ1) is 16.6. The summed E-state index contributed by atoms with van der Waals surface area (Å²) in [6.45, 7) is 6.68. The molecule has 1 aliphatic heterocycles. The van der Waals surface area contributed by atoms with E-state index in [1.54, 1.807) is 9.69 Å². The lowest BCUT2D eigenvalue weighted by Gasteiger charge is -2.19. The standard InChI is InChI=1S/C16H20N6OS/c1-16(2,3)22-15(17-19-20-22)24-11-14(23)21-10-9-13(18-21)12-7-5-4-6-8-12/h4-8H,9-11H2,1-3H3. The highest BCUT2D eigenvalue weighted by atomic mass is 32.2. The van der Waals surface area contributed by atoms with Crippen LogP contribution in [0.4, 0.5) is 0 Å². The van der Waals surface area contributed by atoms with E-state index in [0.717, 1.165) is 17.7 Å². The molecule has 0 atom stereocenters. The molecule has 0 N–H and O–H groups in total. The van der Waals surface area contributed by atoms with Crippen LogP contribution in [0.1, 0.15) is 32.8 Å². The van der Waals surface area contributed by atoms with Crippen molar-refractivity contribution in [2.24, 2.45) is 5.10 Å².